The number of nitrogens with one attached hydrogen (secondary N) is 1. The lowest BCUT2D eigenvalue weighted by atomic mass is 10.2. The van der Waals surface area contributed by atoms with Gasteiger partial charge in [0.25, 0.3) is 0 Å². The van der Waals surface area contributed by atoms with Crippen LogP contribution < -0.4 is 5.32 Å². The second-order valence-corrected chi connectivity index (χ2v) is 6.45. The zero-order chi connectivity index (χ0) is 15.7. The van der Waals surface area contributed by atoms with Crippen LogP contribution in [0, 0.1) is 13.8 Å². The van der Waals surface area contributed by atoms with Gasteiger partial charge in [0.05, 0.1) is 10.3 Å². The maximum Gasteiger partial charge on any atom is 0.158 e. The van der Waals surface area contributed by atoms with E-state index in [4.69, 9.17) is 0 Å². The highest BCUT2D eigenvalue weighted by Gasteiger charge is 2.14. The molecule has 1 aromatic carbocycles. The van der Waals surface area contributed by atoms with Crippen molar-refractivity contribution in [3.63, 3.8) is 0 Å². The fourth-order valence-corrected chi connectivity index (χ4v) is 3.37. The summed E-state index contributed by atoms with van der Waals surface area (Å²) in [5.41, 5.74) is 1.83. The first-order chi connectivity index (χ1) is 10.6. The molecule has 2 aromatic heterocycles. The van der Waals surface area contributed by atoms with E-state index in [-0.39, 0.29) is 0 Å². The van der Waals surface area contributed by atoms with Crippen LogP contribution in [0.15, 0.2) is 41.4 Å². The van der Waals surface area contributed by atoms with Crippen LogP contribution in [0.2, 0.25) is 0 Å². The Morgan fingerprint density at radius 3 is 2.55 bits per heavy atom. The van der Waals surface area contributed by atoms with Crippen LogP contribution in [0.5, 0.6) is 0 Å². The molecule has 0 radical (unpaired) electrons. The van der Waals surface area contributed by atoms with Crippen molar-refractivity contribution in [1.82, 2.24) is 13.9 Å². The average Bonchev–Trinajstić information content (AvgIpc) is 2.91. The number of hydrogen-bond acceptors (Lipinski definition) is 4. The van der Waals surface area contributed by atoms with Gasteiger partial charge in [-0.2, -0.15) is 0 Å². The number of hydrogen-bond donors (Lipinski definition) is 1. The third-order valence-electron chi connectivity index (χ3n) is 3.37. The molecule has 1 unspecified atom stereocenters. The molecule has 3 rings (SSSR count). The van der Waals surface area contributed by atoms with Gasteiger partial charge in [-0.1, -0.05) is 17.7 Å². The molecule has 0 saturated heterocycles. The molecule has 6 heteroatoms. The molecular weight excluding hydrogens is 296 g/mol. The third kappa shape index (κ3) is 2.62. The quantitative estimate of drug-likeness (QED) is 0.804. The maximum atomic E-state index is 12.8. The van der Waals surface area contributed by atoms with E-state index >= 15 is 0 Å². The molecule has 2 heterocycles. The topological polar surface area (TPSA) is 59.8 Å². The van der Waals surface area contributed by atoms with Crippen molar-refractivity contribution < 1.29 is 4.21 Å². The molecule has 114 valence electrons. The van der Waals surface area contributed by atoms with E-state index < -0.39 is 11.0 Å². The Morgan fingerprint density at radius 1 is 1.14 bits per heavy atom. The summed E-state index contributed by atoms with van der Waals surface area (Å²) in [4.78, 5) is 9.63. The highest BCUT2D eigenvalue weighted by Crippen LogP contribution is 2.23. The van der Waals surface area contributed by atoms with E-state index in [1.165, 1.54) is 0 Å². The van der Waals surface area contributed by atoms with Gasteiger partial charge in [-0.3, -0.25) is 0 Å². The Kier molecular flexibility index (Phi) is 3.94. The van der Waals surface area contributed by atoms with Gasteiger partial charge in [0, 0.05) is 12.7 Å². The highest BCUT2D eigenvalue weighted by atomic mass is 32.2. The van der Waals surface area contributed by atoms with Gasteiger partial charge in [0.1, 0.15) is 11.6 Å². The summed E-state index contributed by atoms with van der Waals surface area (Å²) in [7, 11) is -1.32. The number of benzene rings is 1. The maximum absolute atomic E-state index is 12.8. The van der Waals surface area contributed by atoms with Gasteiger partial charge in [0.2, 0.25) is 0 Å². The third-order valence-corrected chi connectivity index (χ3v) is 4.70. The van der Waals surface area contributed by atoms with E-state index in [2.05, 4.69) is 15.3 Å². The predicted octanol–water partition coefficient (Wildman–Crippen LogP) is 3.05. The van der Waals surface area contributed by atoms with Crippen LogP contribution in [0.3, 0.4) is 0 Å². The second kappa shape index (κ2) is 5.88. The largest absolute Gasteiger partial charge is 0.370 e. The summed E-state index contributed by atoms with van der Waals surface area (Å²) in [6.45, 7) is 6.64. The van der Waals surface area contributed by atoms with Gasteiger partial charge >= 0.3 is 0 Å². The molecule has 0 spiro atoms. The molecule has 1 N–H and O–H groups in total. The van der Waals surface area contributed by atoms with Crippen LogP contribution in [-0.4, -0.2) is 24.7 Å². The first-order valence-corrected chi connectivity index (χ1v) is 8.29. The Hall–Kier alpha value is -2.21. The van der Waals surface area contributed by atoms with E-state index in [1.807, 2.05) is 51.1 Å². The predicted molar refractivity (Wildman–Crippen MR) is 89.4 cm³/mol. The van der Waals surface area contributed by atoms with E-state index in [1.54, 1.807) is 10.2 Å². The molecular formula is C16H18N4OS. The van der Waals surface area contributed by atoms with Crippen LogP contribution in [-0.2, 0) is 11.0 Å². The van der Waals surface area contributed by atoms with Crippen molar-refractivity contribution in [2.24, 2.45) is 0 Å². The number of anilines is 1. The molecule has 0 aliphatic heterocycles. The highest BCUT2D eigenvalue weighted by molar-refractivity contribution is 7.83. The standard InChI is InChI=1S/C16H18N4OS/c1-4-17-15-14-9-10-20(16(14)19-12(3)18-15)22(21)13-7-5-11(2)6-8-13/h5-10H,4H2,1-3H3,(H,17,18,19). The fraction of sp³-hybridized carbons (Fsp3) is 0.250. The smallest absolute Gasteiger partial charge is 0.158 e. The summed E-state index contributed by atoms with van der Waals surface area (Å²) >= 11 is 0. The Bertz CT molecular complexity index is 839. The minimum atomic E-state index is -1.32. The molecule has 22 heavy (non-hydrogen) atoms. The van der Waals surface area contributed by atoms with Crippen molar-refractivity contribution in [3.8, 4) is 0 Å². The molecule has 0 amide bonds. The lowest BCUT2D eigenvalue weighted by molar-refractivity contribution is 0.678. The minimum Gasteiger partial charge on any atom is -0.370 e. The summed E-state index contributed by atoms with van der Waals surface area (Å²) in [6.07, 6.45) is 1.80. The Morgan fingerprint density at radius 2 is 1.86 bits per heavy atom. The molecule has 3 aromatic rings. The second-order valence-electron chi connectivity index (χ2n) is 5.09. The normalized spacial score (nSPS) is 12.5. The molecule has 5 nitrogen and oxygen atoms in total. The van der Waals surface area contributed by atoms with Crippen LogP contribution in [0.1, 0.15) is 18.3 Å². The van der Waals surface area contributed by atoms with E-state index in [0.29, 0.717) is 11.5 Å². The van der Waals surface area contributed by atoms with Crippen molar-refractivity contribution in [2.45, 2.75) is 25.7 Å². The average molecular weight is 314 g/mol. The Labute approximate surface area is 132 Å². The van der Waals surface area contributed by atoms with Crippen molar-refractivity contribution in [1.29, 1.82) is 0 Å². The molecule has 0 bridgehead atoms. The van der Waals surface area contributed by atoms with Crippen molar-refractivity contribution in [2.75, 3.05) is 11.9 Å². The lowest BCUT2D eigenvalue weighted by Crippen LogP contribution is -2.07. The van der Waals surface area contributed by atoms with Gasteiger partial charge in [-0.15, -0.1) is 0 Å². The van der Waals surface area contributed by atoms with Crippen molar-refractivity contribution >= 4 is 27.8 Å². The number of aromatic nitrogens is 3. The lowest BCUT2D eigenvalue weighted by Gasteiger charge is -2.08. The zero-order valence-corrected chi connectivity index (χ0v) is 13.6. The summed E-state index contributed by atoms with van der Waals surface area (Å²) < 4.78 is 14.5. The van der Waals surface area contributed by atoms with Gasteiger partial charge in [-0.05, 0) is 39.0 Å². The molecule has 1 atom stereocenters. The minimum absolute atomic E-state index is 0.657. The van der Waals surface area contributed by atoms with E-state index in [0.717, 1.165) is 28.2 Å². The van der Waals surface area contributed by atoms with Gasteiger partial charge < -0.3 is 5.32 Å². The van der Waals surface area contributed by atoms with E-state index in [9.17, 15) is 4.21 Å². The van der Waals surface area contributed by atoms with Crippen molar-refractivity contribution in [3.05, 3.63) is 47.9 Å². The molecule has 0 fully saturated rings. The van der Waals surface area contributed by atoms with Gasteiger partial charge in [-0.25, -0.2) is 18.1 Å². The zero-order valence-electron chi connectivity index (χ0n) is 12.8. The Balaban J connectivity index is 2.11. The first kappa shape index (κ1) is 14.7. The molecule has 0 saturated carbocycles. The number of nitrogens with zero attached hydrogens (tertiary/aromatic N) is 3. The summed E-state index contributed by atoms with van der Waals surface area (Å²) in [5.74, 6) is 1.44. The fourth-order valence-electron chi connectivity index (χ4n) is 2.30. The monoisotopic (exact) mass is 314 g/mol. The van der Waals surface area contributed by atoms with Crippen LogP contribution >= 0.6 is 0 Å². The van der Waals surface area contributed by atoms with Crippen LogP contribution in [0.4, 0.5) is 5.82 Å². The summed E-state index contributed by atoms with van der Waals surface area (Å²) in [5, 5.41) is 4.11. The number of fused-ring (bicyclic) bond motifs is 1. The molecule has 0 aliphatic carbocycles. The SMILES string of the molecule is CCNc1nc(C)nc2c1ccn2S(=O)c1ccc(C)cc1. The summed E-state index contributed by atoms with van der Waals surface area (Å²) in [6, 6.07) is 9.60. The number of aryl methyl sites for hydroxylation is 2. The first-order valence-electron chi connectivity index (χ1n) is 7.18. The van der Waals surface area contributed by atoms with Gasteiger partial charge in [0.15, 0.2) is 16.6 Å². The van der Waals surface area contributed by atoms with Crippen LogP contribution in [0.25, 0.3) is 11.0 Å². The molecule has 0 aliphatic rings. The number of rotatable bonds is 4.